The summed E-state index contributed by atoms with van der Waals surface area (Å²) >= 11 is 6.02. The zero-order chi connectivity index (χ0) is 16.2. The molecule has 2 aromatic rings. The summed E-state index contributed by atoms with van der Waals surface area (Å²) in [5.74, 6) is 0.674. The van der Waals surface area contributed by atoms with Gasteiger partial charge in [-0.1, -0.05) is 23.7 Å². The monoisotopic (exact) mass is 329 g/mol. The predicted octanol–water partition coefficient (Wildman–Crippen LogP) is 3.83. The fraction of sp³-hybridized carbons (Fsp3) is 0.333. The number of aromatic nitrogens is 1. The van der Waals surface area contributed by atoms with Gasteiger partial charge in [0, 0.05) is 24.3 Å². The van der Waals surface area contributed by atoms with Gasteiger partial charge in [0.05, 0.1) is 11.6 Å². The van der Waals surface area contributed by atoms with Crippen molar-refractivity contribution in [3.8, 4) is 0 Å². The number of amides is 1. The third-order valence-corrected chi connectivity index (χ3v) is 4.37. The molecule has 0 bridgehead atoms. The molecule has 5 heteroatoms. The van der Waals surface area contributed by atoms with Crippen LogP contribution in [-0.4, -0.2) is 24.0 Å². The standard InChI is InChI=1S/C18H20ClN3O/c1-13(14-6-4-7-15(19)12-14)21-18(23)16-8-5-9-20-17(16)22-10-2-3-11-22/h4-9,12-13H,2-3,10-11H2,1H3,(H,21,23). The Morgan fingerprint density at radius 2 is 2.04 bits per heavy atom. The minimum absolute atomic E-state index is 0.104. The van der Waals surface area contributed by atoms with E-state index in [2.05, 4.69) is 15.2 Å². The Hall–Kier alpha value is -2.07. The van der Waals surface area contributed by atoms with E-state index in [1.807, 2.05) is 37.3 Å². The summed E-state index contributed by atoms with van der Waals surface area (Å²) in [4.78, 5) is 19.3. The van der Waals surface area contributed by atoms with Crippen molar-refractivity contribution in [1.29, 1.82) is 0 Å². The Morgan fingerprint density at radius 3 is 2.78 bits per heavy atom. The molecule has 1 unspecified atom stereocenters. The Morgan fingerprint density at radius 1 is 1.26 bits per heavy atom. The zero-order valence-electron chi connectivity index (χ0n) is 13.1. The normalized spacial score (nSPS) is 15.5. The van der Waals surface area contributed by atoms with Crippen LogP contribution < -0.4 is 10.2 Å². The van der Waals surface area contributed by atoms with E-state index in [0.29, 0.717) is 10.6 Å². The Kier molecular flexibility index (Phi) is 4.82. The van der Waals surface area contributed by atoms with Crippen LogP contribution in [0.2, 0.25) is 5.02 Å². The van der Waals surface area contributed by atoms with Gasteiger partial charge in [-0.05, 0) is 49.6 Å². The Bertz CT molecular complexity index is 698. The van der Waals surface area contributed by atoms with Crippen LogP contribution in [0.15, 0.2) is 42.6 Å². The van der Waals surface area contributed by atoms with Crippen molar-refractivity contribution < 1.29 is 4.79 Å². The molecular weight excluding hydrogens is 310 g/mol. The first-order chi connectivity index (χ1) is 11.1. The molecule has 3 rings (SSSR count). The molecular formula is C18H20ClN3O. The summed E-state index contributed by atoms with van der Waals surface area (Å²) in [6.07, 6.45) is 4.04. The van der Waals surface area contributed by atoms with Crippen LogP contribution in [0.3, 0.4) is 0 Å². The molecule has 1 amide bonds. The fourth-order valence-corrected chi connectivity index (χ4v) is 3.09. The summed E-state index contributed by atoms with van der Waals surface area (Å²) in [7, 11) is 0. The summed E-state index contributed by atoms with van der Waals surface area (Å²) in [5.41, 5.74) is 1.61. The van der Waals surface area contributed by atoms with E-state index in [4.69, 9.17) is 11.6 Å². The first-order valence-electron chi connectivity index (χ1n) is 7.91. The van der Waals surface area contributed by atoms with Crippen LogP contribution in [-0.2, 0) is 0 Å². The van der Waals surface area contributed by atoms with Crippen LogP contribution >= 0.6 is 11.6 Å². The van der Waals surface area contributed by atoms with E-state index in [1.165, 1.54) is 0 Å². The average Bonchev–Trinajstić information content (AvgIpc) is 3.09. The molecule has 1 aromatic carbocycles. The summed E-state index contributed by atoms with van der Waals surface area (Å²) in [6.45, 7) is 3.87. The van der Waals surface area contributed by atoms with Crippen molar-refractivity contribution >= 4 is 23.3 Å². The number of rotatable bonds is 4. The Balaban J connectivity index is 1.78. The first kappa shape index (κ1) is 15.8. The number of anilines is 1. The molecule has 23 heavy (non-hydrogen) atoms. The smallest absolute Gasteiger partial charge is 0.255 e. The third kappa shape index (κ3) is 3.64. The van der Waals surface area contributed by atoms with Crippen molar-refractivity contribution in [2.45, 2.75) is 25.8 Å². The number of hydrogen-bond donors (Lipinski definition) is 1. The van der Waals surface area contributed by atoms with Gasteiger partial charge in [-0.2, -0.15) is 0 Å². The van der Waals surface area contributed by atoms with Crippen molar-refractivity contribution in [2.75, 3.05) is 18.0 Å². The summed E-state index contributed by atoms with van der Waals surface area (Å²) in [6, 6.07) is 11.1. The second-order valence-corrected chi connectivity index (χ2v) is 6.26. The van der Waals surface area contributed by atoms with E-state index in [-0.39, 0.29) is 11.9 Å². The van der Waals surface area contributed by atoms with E-state index >= 15 is 0 Å². The Labute approximate surface area is 141 Å². The highest BCUT2D eigenvalue weighted by atomic mass is 35.5. The van der Waals surface area contributed by atoms with Gasteiger partial charge in [-0.15, -0.1) is 0 Å². The highest BCUT2D eigenvalue weighted by Crippen LogP contribution is 2.23. The number of pyridine rings is 1. The van der Waals surface area contributed by atoms with E-state index < -0.39 is 0 Å². The minimum Gasteiger partial charge on any atom is -0.356 e. The van der Waals surface area contributed by atoms with Gasteiger partial charge >= 0.3 is 0 Å². The molecule has 1 aliphatic rings. The summed E-state index contributed by atoms with van der Waals surface area (Å²) < 4.78 is 0. The minimum atomic E-state index is -0.118. The van der Waals surface area contributed by atoms with Gasteiger partial charge < -0.3 is 10.2 Å². The molecule has 1 N–H and O–H groups in total. The van der Waals surface area contributed by atoms with Gasteiger partial charge in [-0.25, -0.2) is 4.98 Å². The van der Waals surface area contributed by atoms with Gasteiger partial charge in [0.25, 0.3) is 5.91 Å². The molecule has 0 saturated carbocycles. The third-order valence-electron chi connectivity index (χ3n) is 4.13. The van der Waals surface area contributed by atoms with Gasteiger partial charge in [0.15, 0.2) is 0 Å². The maximum Gasteiger partial charge on any atom is 0.255 e. The van der Waals surface area contributed by atoms with Crippen molar-refractivity contribution in [1.82, 2.24) is 10.3 Å². The molecule has 4 nitrogen and oxygen atoms in total. The lowest BCUT2D eigenvalue weighted by Crippen LogP contribution is -2.30. The van der Waals surface area contributed by atoms with Crippen LogP contribution in [0.5, 0.6) is 0 Å². The van der Waals surface area contributed by atoms with Gasteiger partial charge in [0.2, 0.25) is 0 Å². The van der Waals surface area contributed by atoms with Gasteiger partial charge in [-0.3, -0.25) is 4.79 Å². The highest BCUT2D eigenvalue weighted by Gasteiger charge is 2.21. The lowest BCUT2D eigenvalue weighted by Gasteiger charge is -2.21. The number of benzene rings is 1. The molecule has 120 valence electrons. The van der Waals surface area contributed by atoms with E-state index in [1.54, 1.807) is 12.3 Å². The first-order valence-corrected chi connectivity index (χ1v) is 8.29. The maximum absolute atomic E-state index is 12.7. The van der Waals surface area contributed by atoms with Crippen LogP contribution in [0, 0.1) is 0 Å². The predicted molar refractivity (Wildman–Crippen MR) is 93.0 cm³/mol. The van der Waals surface area contributed by atoms with Crippen LogP contribution in [0.4, 0.5) is 5.82 Å². The van der Waals surface area contributed by atoms with Gasteiger partial charge in [0.1, 0.15) is 5.82 Å². The second kappa shape index (κ2) is 7.01. The van der Waals surface area contributed by atoms with E-state index in [9.17, 15) is 4.79 Å². The van der Waals surface area contributed by atoms with Crippen molar-refractivity contribution in [2.24, 2.45) is 0 Å². The van der Waals surface area contributed by atoms with Crippen molar-refractivity contribution in [3.63, 3.8) is 0 Å². The van der Waals surface area contributed by atoms with Crippen molar-refractivity contribution in [3.05, 3.63) is 58.7 Å². The zero-order valence-corrected chi connectivity index (χ0v) is 13.9. The number of hydrogen-bond acceptors (Lipinski definition) is 3. The molecule has 1 aromatic heterocycles. The molecule has 1 saturated heterocycles. The fourth-order valence-electron chi connectivity index (χ4n) is 2.89. The largest absolute Gasteiger partial charge is 0.356 e. The lowest BCUT2D eigenvalue weighted by atomic mass is 10.1. The molecule has 0 radical (unpaired) electrons. The summed E-state index contributed by atoms with van der Waals surface area (Å²) in [5, 5.41) is 3.71. The molecule has 0 aliphatic carbocycles. The number of carbonyl (C=O) groups is 1. The highest BCUT2D eigenvalue weighted by molar-refractivity contribution is 6.30. The maximum atomic E-state index is 12.7. The molecule has 1 aliphatic heterocycles. The van der Waals surface area contributed by atoms with Crippen LogP contribution in [0.1, 0.15) is 41.7 Å². The second-order valence-electron chi connectivity index (χ2n) is 5.82. The lowest BCUT2D eigenvalue weighted by molar-refractivity contribution is 0.0940. The SMILES string of the molecule is CC(NC(=O)c1cccnc1N1CCCC1)c1cccc(Cl)c1. The number of carbonyl (C=O) groups excluding carboxylic acids is 1. The quantitative estimate of drug-likeness (QED) is 0.927. The number of halogens is 1. The van der Waals surface area contributed by atoms with Crippen LogP contribution in [0.25, 0.3) is 0 Å². The average molecular weight is 330 g/mol. The van der Waals surface area contributed by atoms with E-state index in [0.717, 1.165) is 37.3 Å². The molecule has 2 heterocycles. The molecule has 1 atom stereocenters. The number of nitrogens with zero attached hydrogens (tertiary/aromatic N) is 2. The molecule has 1 fully saturated rings. The molecule has 0 spiro atoms. The topological polar surface area (TPSA) is 45.2 Å². The number of nitrogens with one attached hydrogen (secondary N) is 1.